The van der Waals surface area contributed by atoms with Crippen molar-refractivity contribution in [3.8, 4) is 0 Å². The zero-order chi connectivity index (χ0) is 15.5. The van der Waals surface area contributed by atoms with Crippen molar-refractivity contribution < 1.29 is 18.7 Å². The first kappa shape index (κ1) is 15.1. The lowest BCUT2D eigenvalue weighted by atomic mass is 9.92. The molecule has 1 unspecified atom stereocenters. The second-order valence-corrected chi connectivity index (χ2v) is 4.93. The third-order valence-electron chi connectivity index (χ3n) is 3.29. The number of hydrogen-bond acceptors (Lipinski definition) is 2. The van der Waals surface area contributed by atoms with Gasteiger partial charge in [-0.15, -0.1) is 0 Å². The zero-order valence-electron chi connectivity index (χ0n) is 11.4. The van der Waals surface area contributed by atoms with Crippen molar-refractivity contribution in [3.05, 3.63) is 71.3 Å². The Kier molecular flexibility index (Phi) is 4.33. The van der Waals surface area contributed by atoms with Crippen LogP contribution < -0.4 is 5.32 Å². The van der Waals surface area contributed by atoms with Crippen LogP contribution in [0.3, 0.4) is 0 Å². The van der Waals surface area contributed by atoms with E-state index in [1.54, 1.807) is 31.2 Å². The summed E-state index contributed by atoms with van der Waals surface area (Å²) < 4.78 is 26.5. The second-order valence-electron chi connectivity index (χ2n) is 4.93. The molecule has 5 heteroatoms. The van der Waals surface area contributed by atoms with E-state index in [1.165, 1.54) is 0 Å². The van der Waals surface area contributed by atoms with E-state index >= 15 is 0 Å². The molecule has 2 aromatic carbocycles. The number of aliphatic hydroxyl groups excluding tert-OH is 1. The van der Waals surface area contributed by atoms with Gasteiger partial charge in [0, 0.05) is 6.07 Å². The van der Waals surface area contributed by atoms with E-state index in [0.29, 0.717) is 11.6 Å². The van der Waals surface area contributed by atoms with E-state index in [1.807, 2.05) is 6.07 Å². The fourth-order valence-electron chi connectivity index (χ4n) is 2.00. The molecule has 0 saturated carbocycles. The highest BCUT2D eigenvalue weighted by molar-refractivity contribution is 5.95. The summed E-state index contributed by atoms with van der Waals surface area (Å²) in [6.07, 6.45) is 0. The van der Waals surface area contributed by atoms with Gasteiger partial charge in [0.1, 0.15) is 11.6 Å². The molecule has 110 valence electrons. The summed E-state index contributed by atoms with van der Waals surface area (Å²) in [5, 5.41) is 12.2. The van der Waals surface area contributed by atoms with Crippen molar-refractivity contribution in [2.45, 2.75) is 12.5 Å². The summed E-state index contributed by atoms with van der Waals surface area (Å²) in [5.74, 6) is -2.41. The molecule has 2 N–H and O–H groups in total. The predicted octanol–water partition coefficient (Wildman–Crippen LogP) is 2.60. The number of aliphatic hydroxyl groups is 1. The largest absolute Gasteiger partial charge is 0.394 e. The van der Waals surface area contributed by atoms with Gasteiger partial charge in [0.05, 0.1) is 17.7 Å². The molecule has 0 bridgehead atoms. The van der Waals surface area contributed by atoms with Gasteiger partial charge in [-0.05, 0) is 24.6 Å². The van der Waals surface area contributed by atoms with Crippen LogP contribution in [0, 0.1) is 11.6 Å². The van der Waals surface area contributed by atoms with Crippen LogP contribution in [0.25, 0.3) is 0 Å². The molecule has 0 aliphatic carbocycles. The molecule has 0 aliphatic heterocycles. The van der Waals surface area contributed by atoms with E-state index in [-0.39, 0.29) is 12.2 Å². The molecule has 0 saturated heterocycles. The lowest BCUT2D eigenvalue weighted by Crippen LogP contribution is -2.46. The Bertz CT molecular complexity index is 646. The first-order valence-corrected chi connectivity index (χ1v) is 6.40. The van der Waals surface area contributed by atoms with E-state index in [9.17, 15) is 18.7 Å². The van der Waals surface area contributed by atoms with E-state index in [2.05, 4.69) is 5.32 Å². The predicted molar refractivity (Wildman–Crippen MR) is 74.7 cm³/mol. The highest BCUT2D eigenvalue weighted by Gasteiger charge is 2.29. The number of carbonyl (C=O) groups is 1. The molecule has 2 rings (SSSR count). The molecule has 0 heterocycles. The van der Waals surface area contributed by atoms with Gasteiger partial charge in [-0.1, -0.05) is 30.3 Å². The maximum absolute atomic E-state index is 13.6. The maximum Gasteiger partial charge on any atom is 0.255 e. The molecule has 0 radical (unpaired) electrons. The number of nitrogens with one attached hydrogen (secondary N) is 1. The van der Waals surface area contributed by atoms with Crippen LogP contribution in [-0.2, 0) is 5.54 Å². The Labute approximate surface area is 121 Å². The van der Waals surface area contributed by atoms with Crippen LogP contribution >= 0.6 is 0 Å². The monoisotopic (exact) mass is 291 g/mol. The SMILES string of the molecule is CC(CO)(NC(=O)c1ccc(F)cc1F)c1ccccc1. The van der Waals surface area contributed by atoms with Crippen LogP contribution in [0.15, 0.2) is 48.5 Å². The standard InChI is InChI=1S/C16H15F2NO2/c1-16(10-20,11-5-3-2-4-6-11)19-15(21)13-8-7-12(17)9-14(13)18/h2-9,20H,10H2,1H3,(H,19,21). The van der Waals surface area contributed by atoms with Crippen LogP contribution in [0.2, 0.25) is 0 Å². The van der Waals surface area contributed by atoms with Crippen molar-refractivity contribution in [2.24, 2.45) is 0 Å². The smallest absolute Gasteiger partial charge is 0.255 e. The third-order valence-corrected chi connectivity index (χ3v) is 3.29. The van der Waals surface area contributed by atoms with E-state index < -0.39 is 23.1 Å². The zero-order valence-corrected chi connectivity index (χ0v) is 11.4. The van der Waals surface area contributed by atoms with Gasteiger partial charge < -0.3 is 10.4 Å². The fourth-order valence-corrected chi connectivity index (χ4v) is 2.00. The topological polar surface area (TPSA) is 49.3 Å². The van der Waals surface area contributed by atoms with Crippen LogP contribution in [0.4, 0.5) is 8.78 Å². The van der Waals surface area contributed by atoms with Crippen molar-refractivity contribution in [3.63, 3.8) is 0 Å². The minimum Gasteiger partial charge on any atom is -0.394 e. The highest BCUT2D eigenvalue weighted by atomic mass is 19.1. The summed E-state index contributed by atoms with van der Waals surface area (Å²) in [5.41, 5.74) is -0.644. The van der Waals surface area contributed by atoms with E-state index in [0.717, 1.165) is 12.1 Å². The average molecular weight is 291 g/mol. The Balaban J connectivity index is 2.28. The number of amides is 1. The number of benzene rings is 2. The summed E-state index contributed by atoms with van der Waals surface area (Å²) in [6, 6.07) is 11.6. The highest BCUT2D eigenvalue weighted by Crippen LogP contribution is 2.21. The second kappa shape index (κ2) is 6.01. The van der Waals surface area contributed by atoms with Crippen molar-refractivity contribution in [2.75, 3.05) is 6.61 Å². The summed E-state index contributed by atoms with van der Waals surface area (Å²) in [4.78, 5) is 12.1. The Hall–Kier alpha value is -2.27. The minimum absolute atomic E-state index is 0.271. The first-order valence-electron chi connectivity index (χ1n) is 6.40. The maximum atomic E-state index is 13.6. The van der Waals surface area contributed by atoms with Gasteiger partial charge in [-0.3, -0.25) is 4.79 Å². The molecular weight excluding hydrogens is 276 g/mol. The normalized spacial score (nSPS) is 13.5. The molecule has 1 atom stereocenters. The van der Waals surface area contributed by atoms with Gasteiger partial charge >= 0.3 is 0 Å². The number of halogens is 2. The molecule has 0 fully saturated rings. The lowest BCUT2D eigenvalue weighted by molar-refractivity contribution is 0.0845. The molecule has 2 aromatic rings. The first-order chi connectivity index (χ1) is 9.96. The molecular formula is C16H15F2NO2. The molecule has 21 heavy (non-hydrogen) atoms. The number of carbonyl (C=O) groups excluding carboxylic acids is 1. The van der Waals surface area contributed by atoms with Crippen molar-refractivity contribution in [1.82, 2.24) is 5.32 Å². The number of hydrogen-bond donors (Lipinski definition) is 2. The summed E-state index contributed by atoms with van der Waals surface area (Å²) in [7, 11) is 0. The van der Waals surface area contributed by atoms with Gasteiger partial charge in [0.2, 0.25) is 0 Å². The fraction of sp³-hybridized carbons (Fsp3) is 0.188. The summed E-state index contributed by atoms with van der Waals surface area (Å²) in [6.45, 7) is 1.27. The summed E-state index contributed by atoms with van der Waals surface area (Å²) >= 11 is 0. The minimum atomic E-state index is -1.06. The Morgan fingerprint density at radius 3 is 2.43 bits per heavy atom. The van der Waals surface area contributed by atoms with Crippen LogP contribution in [0.5, 0.6) is 0 Å². The third kappa shape index (κ3) is 3.25. The van der Waals surface area contributed by atoms with Gasteiger partial charge in [0.15, 0.2) is 0 Å². The van der Waals surface area contributed by atoms with Gasteiger partial charge in [0.25, 0.3) is 5.91 Å². The van der Waals surface area contributed by atoms with Crippen molar-refractivity contribution >= 4 is 5.91 Å². The Morgan fingerprint density at radius 1 is 1.19 bits per heavy atom. The molecule has 0 aliphatic rings. The van der Waals surface area contributed by atoms with Gasteiger partial charge in [-0.2, -0.15) is 0 Å². The lowest BCUT2D eigenvalue weighted by Gasteiger charge is -2.29. The Morgan fingerprint density at radius 2 is 1.86 bits per heavy atom. The number of rotatable bonds is 4. The van der Waals surface area contributed by atoms with Crippen LogP contribution in [-0.4, -0.2) is 17.6 Å². The van der Waals surface area contributed by atoms with E-state index in [4.69, 9.17) is 0 Å². The van der Waals surface area contributed by atoms with Crippen LogP contribution in [0.1, 0.15) is 22.8 Å². The molecule has 1 amide bonds. The molecule has 0 spiro atoms. The molecule has 3 nitrogen and oxygen atoms in total. The molecule has 0 aromatic heterocycles. The quantitative estimate of drug-likeness (QED) is 0.909. The van der Waals surface area contributed by atoms with Gasteiger partial charge in [-0.25, -0.2) is 8.78 Å². The average Bonchev–Trinajstić information content (AvgIpc) is 2.47. The van der Waals surface area contributed by atoms with Crippen molar-refractivity contribution in [1.29, 1.82) is 0 Å².